The fourth-order valence-corrected chi connectivity index (χ4v) is 2.35. The number of aliphatic imine (C=N–C) groups is 3. The topological polar surface area (TPSA) is 113 Å². The van der Waals surface area contributed by atoms with Gasteiger partial charge in [0.15, 0.2) is 13.1 Å². The molecule has 0 spiro atoms. The molecule has 11 heteroatoms. The van der Waals surface area contributed by atoms with Crippen molar-refractivity contribution in [1.82, 2.24) is 16.2 Å². The summed E-state index contributed by atoms with van der Waals surface area (Å²) >= 11 is 1.69. The van der Waals surface area contributed by atoms with Gasteiger partial charge in [0, 0.05) is 24.8 Å². The Kier molecular flexibility index (Phi) is 24.5. The number of hydroxylamine groups is 1. The smallest absolute Gasteiger partial charge is 0.182 e. The summed E-state index contributed by atoms with van der Waals surface area (Å²) in [5.41, 5.74) is 5.08. The average Bonchev–Trinajstić information content (AvgIpc) is 3.70. The third-order valence-electron chi connectivity index (χ3n) is 3.48. The summed E-state index contributed by atoms with van der Waals surface area (Å²) in [6.45, 7) is 0.420. The number of ether oxygens (including phenoxy) is 2. The van der Waals surface area contributed by atoms with E-state index in [1.54, 1.807) is 42.9 Å². The second-order valence-corrected chi connectivity index (χ2v) is 7.24. The maximum absolute atomic E-state index is 4.77. The molecule has 0 amide bonds. The van der Waals surface area contributed by atoms with E-state index in [-0.39, 0.29) is 0 Å². The van der Waals surface area contributed by atoms with E-state index in [9.17, 15) is 0 Å². The molecular weight excluding hydrogens is 526 g/mol. The Labute approximate surface area is 239 Å². The van der Waals surface area contributed by atoms with Crippen molar-refractivity contribution in [2.24, 2.45) is 20.1 Å². The van der Waals surface area contributed by atoms with Crippen molar-refractivity contribution < 1.29 is 14.3 Å². The maximum atomic E-state index is 4.77. The first-order chi connectivity index (χ1) is 20.0. The summed E-state index contributed by atoms with van der Waals surface area (Å²) in [6.07, 6.45) is 46.8. The molecule has 6 aliphatic rings. The fraction of sp³-hybridized carbons (Fsp3) is 0.0345. The van der Waals surface area contributed by atoms with E-state index in [1.165, 1.54) is 25.3 Å². The molecule has 0 aromatic heterocycles. The van der Waals surface area contributed by atoms with Gasteiger partial charge in [0.25, 0.3) is 0 Å². The molecule has 0 aromatic rings. The van der Waals surface area contributed by atoms with Gasteiger partial charge in [-0.15, -0.1) is 11.8 Å². The summed E-state index contributed by atoms with van der Waals surface area (Å²) < 4.78 is 9.35. The molecule has 0 aliphatic carbocycles. The van der Waals surface area contributed by atoms with Crippen LogP contribution in [0.3, 0.4) is 0 Å². The van der Waals surface area contributed by atoms with Crippen molar-refractivity contribution in [2.75, 3.05) is 6.73 Å². The van der Waals surface area contributed by atoms with Crippen LogP contribution in [-0.2, 0) is 14.3 Å². The molecule has 6 rings (SSSR count). The molecule has 6 aliphatic heterocycles. The van der Waals surface area contributed by atoms with Crippen molar-refractivity contribution in [3.05, 3.63) is 146 Å². The molecule has 0 unspecified atom stereocenters. The highest BCUT2D eigenvalue weighted by Gasteiger charge is 1.77. The van der Waals surface area contributed by atoms with Gasteiger partial charge in [0.2, 0.25) is 0 Å². The quantitative estimate of drug-likeness (QED) is 0.344. The lowest BCUT2D eigenvalue weighted by molar-refractivity contribution is 0.193. The molecule has 6 heterocycles. The lowest BCUT2D eigenvalue weighted by Crippen LogP contribution is -2.08. The summed E-state index contributed by atoms with van der Waals surface area (Å²) in [6, 6.07) is 0. The highest BCUT2D eigenvalue weighted by atomic mass is 32.2. The van der Waals surface area contributed by atoms with Crippen LogP contribution >= 0.6 is 11.8 Å². The first kappa shape index (κ1) is 32.7. The number of hydrogen-bond donors (Lipinski definition) is 3. The van der Waals surface area contributed by atoms with Crippen LogP contribution in [0.5, 0.6) is 0 Å². The van der Waals surface area contributed by atoms with Gasteiger partial charge in [-0.2, -0.15) is 5.10 Å². The second kappa shape index (κ2) is 29.9. The molecule has 208 valence electrons. The Morgan fingerprint density at radius 2 is 1.32 bits per heavy atom. The maximum Gasteiger partial charge on any atom is 0.182 e. The van der Waals surface area contributed by atoms with Crippen molar-refractivity contribution in [1.29, 1.82) is 0 Å². The molecule has 0 aromatic carbocycles. The van der Waals surface area contributed by atoms with Crippen LogP contribution in [0.15, 0.2) is 166 Å². The van der Waals surface area contributed by atoms with Crippen molar-refractivity contribution in [3.63, 3.8) is 0 Å². The normalized spacial score (nSPS) is 16.4. The first-order valence-corrected chi connectivity index (χ1v) is 12.8. The SMILES string of the molecule is C1=CC=CNC=C1.C1=CC=COC=C1.C1=CC=CSC=C1.C1=CC=NNC=C1.C1=CONC=N1.C1=NC=NCO1. The monoisotopic (exact) mass is 559 g/mol. The third-order valence-corrected chi connectivity index (χ3v) is 4.11. The van der Waals surface area contributed by atoms with Gasteiger partial charge in [-0.25, -0.2) is 20.5 Å². The molecule has 3 N–H and O–H groups in total. The average molecular weight is 560 g/mol. The van der Waals surface area contributed by atoms with Gasteiger partial charge in [0.05, 0.1) is 18.7 Å². The van der Waals surface area contributed by atoms with Gasteiger partial charge in [-0.05, 0) is 47.3 Å². The van der Waals surface area contributed by atoms with Crippen LogP contribution in [-0.4, -0.2) is 32.0 Å². The third kappa shape index (κ3) is 27.3. The first-order valence-electron chi connectivity index (χ1n) is 11.8. The van der Waals surface area contributed by atoms with Crippen LogP contribution in [0.1, 0.15) is 0 Å². The Morgan fingerprint density at radius 3 is 1.85 bits per heavy atom. The molecular formula is C29H33N7O3S. The Morgan fingerprint density at radius 1 is 0.650 bits per heavy atom. The number of nitrogens with one attached hydrogen (secondary N) is 3. The highest BCUT2D eigenvalue weighted by molar-refractivity contribution is 8.04. The summed E-state index contributed by atoms with van der Waals surface area (Å²) in [5.74, 6) is 0. The van der Waals surface area contributed by atoms with Crippen LogP contribution in [0.2, 0.25) is 0 Å². The minimum Gasteiger partial charge on any atom is -0.473 e. The number of allylic oxidation sites excluding steroid dienone is 15. The number of hydrogen-bond acceptors (Lipinski definition) is 11. The van der Waals surface area contributed by atoms with Crippen LogP contribution in [0, 0.1) is 0 Å². The molecule has 40 heavy (non-hydrogen) atoms. The minimum atomic E-state index is 0.420. The van der Waals surface area contributed by atoms with Gasteiger partial charge in [-0.1, -0.05) is 54.7 Å². The molecule has 0 bridgehead atoms. The second-order valence-electron chi connectivity index (χ2n) is 6.42. The Balaban J connectivity index is 0.000000240. The zero-order chi connectivity index (χ0) is 28.3. The van der Waals surface area contributed by atoms with Crippen LogP contribution in [0.25, 0.3) is 0 Å². The molecule has 10 nitrogen and oxygen atoms in total. The van der Waals surface area contributed by atoms with E-state index in [4.69, 9.17) is 4.74 Å². The van der Waals surface area contributed by atoms with Gasteiger partial charge in [0.1, 0.15) is 18.9 Å². The van der Waals surface area contributed by atoms with E-state index in [0.717, 1.165) is 0 Å². The molecule has 0 saturated carbocycles. The molecule has 0 saturated heterocycles. The number of hydrazone groups is 1. The molecule has 0 radical (unpaired) electrons. The van der Waals surface area contributed by atoms with E-state index in [0.29, 0.717) is 6.73 Å². The van der Waals surface area contributed by atoms with E-state index >= 15 is 0 Å². The lowest BCUT2D eigenvalue weighted by atomic mass is 10.5. The zero-order valence-electron chi connectivity index (χ0n) is 21.8. The van der Waals surface area contributed by atoms with Gasteiger partial charge >= 0.3 is 0 Å². The molecule has 0 fully saturated rings. The van der Waals surface area contributed by atoms with Crippen LogP contribution < -0.4 is 16.2 Å². The lowest BCUT2D eigenvalue weighted by Gasteiger charge is -1.96. The van der Waals surface area contributed by atoms with Crippen molar-refractivity contribution >= 4 is 37.1 Å². The highest BCUT2D eigenvalue weighted by Crippen LogP contribution is 2.06. The van der Waals surface area contributed by atoms with Gasteiger partial charge in [-0.3, -0.25) is 5.43 Å². The zero-order valence-corrected chi connectivity index (χ0v) is 22.6. The summed E-state index contributed by atoms with van der Waals surface area (Å²) in [5, 5.41) is 10.7. The predicted octanol–water partition coefficient (Wildman–Crippen LogP) is 5.79. The summed E-state index contributed by atoms with van der Waals surface area (Å²) in [7, 11) is 0. The van der Waals surface area contributed by atoms with E-state index in [2.05, 4.69) is 45.9 Å². The summed E-state index contributed by atoms with van der Waals surface area (Å²) in [4.78, 5) is 15.3. The standard InChI is InChI=1S/C6H7N.C6H6O.C6H6S.C5H6N2.2C3H4N2O/c4*1-2-4-6-7-5-3-1;1-4-2-6-3-5-1;1-2-6-5-3-4-1/h1-7H;3*1-6H;1-2H,3H2;1-3H,(H,4,5). The van der Waals surface area contributed by atoms with E-state index < -0.39 is 0 Å². The number of thioether (sulfide) groups is 1. The van der Waals surface area contributed by atoms with Gasteiger partial charge < -0.3 is 19.6 Å². The Hall–Kier alpha value is -5.29. The van der Waals surface area contributed by atoms with Crippen molar-refractivity contribution in [2.45, 2.75) is 0 Å². The Bertz CT molecular complexity index is 888. The van der Waals surface area contributed by atoms with Crippen LogP contribution in [0.4, 0.5) is 0 Å². The number of rotatable bonds is 0. The number of nitrogens with zero attached hydrogens (tertiary/aromatic N) is 4. The van der Waals surface area contributed by atoms with Crippen molar-refractivity contribution in [3.8, 4) is 0 Å². The van der Waals surface area contributed by atoms with E-state index in [1.807, 2.05) is 114 Å². The minimum absolute atomic E-state index is 0.420. The predicted molar refractivity (Wildman–Crippen MR) is 169 cm³/mol. The fourth-order valence-electron chi connectivity index (χ4n) is 1.89. The molecule has 0 atom stereocenters. The largest absolute Gasteiger partial charge is 0.473 e.